The normalized spacial score (nSPS) is 16.0. The summed E-state index contributed by atoms with van der Waals surface area (Å²) in [6.07, 6.45) is -3.46. The molecule has 0 aliphatic carbocycles. The summed E-state index contributed by atoms with van der Waals surface area (Å²) < 4.78 is 26.1. The molecule has 0 radical (unpaired) electrons. The maximum absolute atomic E-state index is 12.7. The number of amides is 1. The second-order valence-corrected chi connectivity index (χ2v) is 5.22. The minimum absolute atomic E-state index is 0.0370. The summed E-state index contributed by atoms with van der Waals surface area (Å²) in [6.45, 7) is 1.77. The third kappa shape index (κ3) is 3.34. The molecule has 1 fully saturated rings. The molecular weight excluding hydrogens is 322 g/mol. The van der Waals surface area contributed by atoms with Crippen LogP contribution in [-0.2, 0) is 0 Å². The van der Waals surface area contributed by atoms with Gasteiger partial charge < -0.3 is 14.9 Å². The molecule has 1 heterocycles. The lowest BCUT2D eigenvalue weighted by Gasteiger charge is -2.34. The maximum atomic E-state index is 12.7. The zero-order valence-corrected chi connectivity index (χ0v) is 11.6. The molecule has 1 aliphatic rings. The fourth-order valence-corrected chi connectivity index (χ4v) is 2.56. The van der Waals surface area contributed by atoms with Crippen LogP contribution in [0.5, 0.6) is 0 Å². The number of halogens is 3. The van der Waals surface area contributed by atoms with E-state index < -0.39 is 12.5 Å². The summed E-state index contributed by atoms with van der Waals surface area (Å²) in [4.78, 5) is 14.0. The number of hydrogen-bond donors (Lipinski definition) is 1. The van der Waals surface area contributed by atoms with E-state index in [0.29, 0.717) is 36.3 Å². The Kier molecular flexibility index (Phi) is 4.24. The van der Waals surface area contributed by atoms with E-state index in [1.54, 1.807) is 6.07 Å². The monoisotopic (exact) mass is 334 g/mol. The van der Waals surface area contributed by atoms with Gasteiger partial charge in [0.05, 0.1) is 0 Å². The molecule has 1 amide bonds. The minimum Gasteiger partial charge on any atom is -0.465 e. The Balaban J connectivity index is 2.13. The third-order valence-electron chi connectivity index (χ3n) is 3.07. The van der Waals surface area contributed by atoms with Crippen LogP contribution >= 0.6 is 15.9 Å². The van der Waals surface area contributed by atoms with Crippen LogP contribution in [-0.4, -0.2) is 42.3 Å². The number of carboxylic acid groups (broad SMARTS) is 1. The SMILES string of the molecule is O=C(O)N1CCN(c2cc(Br)cc(C(F)F)c2)CC1. The first-order chi connectivity index (χ1) is 8.97. The molecule has 104 valence electrons. The Morgan fingerprint density at radius 2 is 1.84 bits per heavy atom. The number of anilines is 1. The zero-order valence-electron chi connectivity index (χ0n) is 10.0. The fourth-order valence-electron chi connectivity index (χ4n) is 2.06. The van der Waals surface area contributed by atoms with Gasteiger partial charge in [-0.15, -0.1) is 0 Å². The Hall–Kier alpha value is -1.37. The summed E-state index contributed by atoms with van der Waals surface area (Å²) in [6, 6.07) is 4.61. The molecule has 7 heteroatoms. The first-order valence-corrected chi connectivity index (χ1v) is 6.58. The maximum Gasteiger partial charge on any atom is 0.407 e. The van der Waals surface area contributed by atoms with Crippen molar-refractivity contribution in [3.05, 3.63) is 28.2 Å². The molecule has 0 aromatic heterocycles. The first-order valence-electron chi connectivity index (χ1n) is 5.79. The summed E-state index contributed by atoms with van der Waals surface area (Å²) in [5, 5.41) is 8.86. The molecule has 1 aromatic rings. The van der Waals surface area contributed by atoms with E-state index in [1.807, 2.05) is 4.90 Å². The van der Waals surface area contributed by atoms with Crippen molar-refractivity contribution in [1.29, 1.82) is 0 Å². The molecule has 2 rings (SSSR count). The van der Waals surface area contributed by atoms with Crippen LogP contribution in [0.25, 0.3) is 0 Å². The molecule has 0 spiro atoms. The van der Waals surface area contributed by atoms with Gasteiger partial charge >= 0.3 is 6.09 Å². The van der Waals surface area contributed by atoms with Crippen molar-refractivity contribution in [2.75, 3.05) is 31.1 Å². The van der Waals surface area contributed by atoms with E-state index in [-0.39, 0.29) is 5.56 Å². The van der Waals surface area contributed by atoms with Crippen LogP contribution in [0.1, 0.15) is 12.0 Å². The van der Waals surface area contributed by atoms with E-state index in [2.05, 4.69) is 15.9 Å². The van der Waals surface area contributed by atoms with Gasteiger partial charge in [0.15, 0.2) is 0 Å². The predicted molar refractivity (Wildman–Crippen MR) is 70.9 cm³/mol. The summed E-state index contributed by atoms with van der Waals surface area (Å²) in [5.74, 6) is 0. The number of nitrogens with zero attached hydrogens (tertiary/aromatic N) is 2. The van der Waals surface area contributed by atoms with Gasteiger partial charge in [-0.05, 0) is 18.2 Å². The van der Waals surface area contributed by atoms with Gasteiger partial charge in [-0.2, -0.15) is 0 Å². The van der Waals surface area contributed by atoms with E-state index in [4.69, 9.17) is 5.11 Å². The standard InChI is InChI=1S/C12H13BrF2N2O2/c13-9-5-8(11(14)15)6-10(7-9)16-1-3-17(4-2-16)12(18)19/h5-7,11H,1-4H2,(H,18,19). The average Bonchev–Trinajstić information content (AvgIpc) is 2.38. The van der Waals surface area contributed by atoms with Gasteiger partial charge in [0.2, 0.25) is 0 Å². The topological polar surface area (TPSA) is 43.8 Å². The molecule has 0 bridgehead atoms. The number of alkyl halides is 2. The highest BCUT2D eigenvalue weighted by Gasteiger charge is 2.21. The molecule has 1 N–H and O–H groups in total. The van der Waals surface area contributed by atoms with Gasteiger partial charge in [-0.25, -0.2) is 13.6 Å². The number of hydrogen-bond acceptors (Lipinski definition) is 2. The molecule has 0 atom stereocenters. The number of piperazine rings is 1. The van der Waals surface area contributed by atoms with Crippen molar-refractivity contribution >= 4 is 27.7 Å². The second-order valence-electron chi connectivity index (χ2n) is 4.30. The Labute approximate surface area is 117 Å². The highest BCUT2D eigenvalue weighted by molar-refractivity contribution is 9.10. The van der Waals surface area contributed by atoms with Crippen molar-refractivity contribution < 1.29 is 18.7 Å². The minimum atomic E-state index is -2.52. The molecule has 1 aromatic carbocycles. The highest BCUT2D eigenvalue weighted by atomic mass is 79.9. The Morgan fingerprint density at radius 3 is 2.37 bits per heavy atom. The van der Waals surface area contributed by atoms with Crippen molar-refractivity contribution in [1.82, 2.24) is 4.90 Å². The van der Waals surface area contributed by atoms with Crippen molar-refractivity contribution in [2.45, 2.75) is 6.43 Å². The lowest BCUT2D eigenvalue weighted by atomic mass is 10.1. The van der Waals surface area contributed by atoms with E-state index in [1.165, 1.54) is 17.0 Å². The quantitative estimate of drug-likeness (QED) is 0.903. The van der Waals surface area contributed by atoms with Crippen molar-refractivity contribution in [3.8, 4) is 0 Å². The van der Waals surface area contributed by atoms with Crippen LogP contribution in [0, 0.1) is 0 Å². The lowest BCUT2D eigenvalue weighted by molar-refractivity contribution is 0.142. The average molecular weight is 335 g/mol. The zero-order chi connectivity index (χ0) is 14.0. The molecule has 0 saturated carbocycles. The van der Waals surface area contributed by atoms with Crippen LogP contribution in [0.3, 0.4) is 0 Å². The van der Waals surface area contributed by atoms with Gasteiger partial charge in [-0.1, -0.05) is 15.9 Å². The number of rotatable bonds is 2. The van der Waals surface area contributed by atoms with Crippen molar-refractivity contribution in [3.63, 3.8) is 0 Å². The fraction of sp³-hybridized carbons (Fsp3) is 0.417. The van der Waals surface area contributed by atoms with Crippen LogP contribution in [0.4, 0.5) is 19.3 Å². The van der Waals surface area contributed by atoms with E-state index >= 15 is 0 Å². The van der Waals surface area contributed by atoms with Gasteiger partial charge in [0, 0.05) is 41.9 Å². The lowest BCUT2D eigenvalue weighted by Crippen LogP contribution is -2.48. The van der Waals surface area contributed by atoms with Crippen LogP contribution < -0.4 is 4.90 Å². The second kappa shape index (κ2) is 5.73. The van der Waals surface area contributed by atoms with Crippen LogP contribution in [0.15, 0.2) is 22.7 Å². The molecule has 0 unspecified atom stereocenters. The Morgan fingerprint density at radius 1 is 1.21 bits per heavy atom. The molecule has 1 saturated heterocycles. The van der Waals surface area contributed by atoms with Gasteiger partial charge in [-0.3, -0.25) is 0 Å². The molecule has 19 heavy (non-hydrogen) atoms. The van der Waals surface area contributed by atoms with Gasteiger partial charge in [0.1, 0.15) is 0 Å². The van der Waals surface area contributed by atoms with Crippen LogP contribution in [0.2, 0.25) is 0 Å². The highest BCUT2D eigenvalue weighted by Crippen LogP contribution is 2.29. The summed E-state index contributed by atoms with van der Waals surface area (Å²) >= 11 is 3.22. The van der Waals surface area contributed by atoms with E-state index in [0.717, 1.165) is 0 Å². The summed E-state index contributed by atoms with van der Waals surface area (Å²) in [5.41, 5.74) is 0.653. The molecule has 1 aliphatic heterocycles. The van der Waals surface area contributed by atoms with Gasteiger partial charge in [0.25, 0.3) is 6.43 Å². The number of carbonyl (C=O) groups is 1. The Bertz CT molecular complexity index is 477. The smallest absolute Gasteiger partial charge is 0.407 e. The predicted octanol–water partition coefficient (Wildman–Crippen LogP) is 3.19. The summed E-state index contributed by atoms with van der Waals surface area (Å²) in [7, 11) is 0. The number of benzene rings is 1. The molecular formula is C12H13BrF2N2O2. The largest absolute Gasteiger partial charge is 0.465 e. The van der Waals surface area contributed by atoms with E-state index in [9.17, 15) is 13.6 Å². The first kappa shape index (κ1) is 14.0. The van der Waals surface area contributed by atoms with Crippen molar-refractivity contribution in [2.24, 2.45) is 0 Å². The third-order valence-corrected chi connectivity index (χ3v) is 3.53. The molecule has 4 nitrogen and oxygen atoms in total.